The zero-order valence-corrected chi connectivity index (χ0v) is 14.8. The number of benzene rings is 1. The second kappa shape index (κ2) is 7.68. The Kier molecular flexibility index (Phi) is 5.35. The van der Waals surface area contributed by atoms with Gasteiger partial charge in [0.15, 0.2) is 0 Å². The van der Waals surface area contributed by atoms with Gasteiger partial charge in [-0.05, 0) is 31.9 Å². The van der Waals surface area contributed by atoms with E-state index in [1.165, 1.54) is 0 Å². The van der Waals surface area contributed by atoms with E-state index in [9.17, 15) is 19.2 Å². The Labute approximate surface area is 151 Å². The summed E-state index contributed by atoms with van der Waals surface area (Å²) >= 11 is 0. The van der Waals surface area contributed by atoms with Crippen LogP contribution in [0.2, 0.25) is 0 Å². The van der Waals surface area contributed by atoms with E-state index >= 15 is 0 Å². The number of esters is 1. The van der Waals surface area contributed by atoms with E-state index in [0.717, 1.165) is 11.3 Å². The molecule has 26 heavy (non-hydrogen) atoms. The first kappa shape index (κ1) is 18.1. The molecule has 2 aliphatic rings. The number of ether oxygens (including phenoxy) is 1. The summed E-state index contributed by atoms with van der Waals surface area (Å²) in [5.41, 5.74) is 0.760. The molecule has 1 aromatic carbocycles. The molecule has 2 heterocycles. The number of amides is 3. The minimum absolute atomic E-state index is 0.0474. The van der Waals surface area contributed by atoms with Crippen LogP contribution in [0.5, 0.6) is 0 Å². The van der Waals surface area contributed by atoms with E-state index in [2.05, 4.69) is 0 Å². The van der Waals surface area contributed by atoms with Crippen LogP contribution in [0, 0.1) is 5.92 Å². The lowest BCUT2D eigenvalue weighted by atomic mass is 9.98. The van der Waals surface area contributed by atoms with Gasteiger partial charge in [-0.1, -0.05) is 12.1 Å². The molecule has 3 rings (SSSR count). The van der Waals surface area contributed by atoms with Crippen LogP contribution in [-0.4, -0.2) is 59.7 Å². The summed E-state index contributed by atoms with van der Waals surface area (Å²) in [7, 11) is 0. The van der Waals surface area contributed by atoms with Crippen LogP contribution in [0.4, 0.5) is 0 Å². The van der Waals surface area contributed by atoms with Crippen molar-refractivity contribution in [3.8, 4) is 0 Å². The summed E-state index contributed by atoms with van der Waals surface area (Å²) < 4.78 is 5.04. The molecule has 0 aromatic heterocycles. The molecule has 138 valence electrons. The van der Waals surface area contributed by atoms with Gasteiger partial charge in [0.1, 0.15) is 0 Å². The average Bonchev–Trinajstić information content (AvgIpc) is 2.91. The Balaban J connectivity index is 1.57. The van der Waals surface area contributed by atoms with E-state index in [0.29, 0.717) is 37.2 Å². The van der Waals surface area contributed by atoms with E-state index < -0.39 is 0 Å². The van der Waals surface area contributed by atoms with Crippen LogP contribution in [0.15, 0.2) is 24.3 Å². The van der Waals surface area contributed by atoms with Crippen molar-refractivity contribution in [1.82, 2.24) is 9.80 Å². The number of hydrogen-bond donors (Lipinski definition) is 0. The van der Waals surface area contributed by atoms with Crippen molar-refractivity contribution in [3.63, 3.8) is 0 Å². The van der Waals surface area contributed by atoms with Gasteiger partial charge >= 0.3 is 5.97 Å². The lowest BCUT2D eigenvalue weighted by Crippen LogP contribution is -2.44. The maximum atomic E-state index is 12.5. The SMILES string of the molecule is CCOC(=O)[C@@H]1CCCN(C(=O)CCN2C(=O)c3ccccc3C2=O)C1. The number of carbonyl (C=O) groups is 4. The average molecular weight is 358 g/mol. The second-order valence-corrected chi connectivity index (χ2v) is 6.49. The zero-order chi connectivity index (χ0) is 18.7. The van der Waals surface area contributed by atoms with E-state index in [-0.39, 0.29) is 42.6 Å². The topological polar surface area (TPSA) is 84.0 Å². The number of piperidine rings is 1. The van der Waals surface area contributed by atoms with Crippen molar-refractivity contribution in [2.75, 3.05) is 26.2 Å². The molecule has 0 aliphatic carbocycles. The van der Waals surface area contributed by atoms with Crippen LogP contribution in [0.3, 0.4) is 0 Å². The highest BCUT2D eigenvalue weighted by Crippen LogP contribution is 2.23. The van der Waals surface area contributed by atoms with Crippen molar-refractivity contribution in [2.24, 2.45) is 5.92 Å². The minimum Gasteiger partial charge on any atom is -0.466 e. The van der Waals surface area contributed by atoms with Gasteiger partial charge in [0.2, 0.25) is 5.91 Å². The molecule has 1 atom stereocenters. The van der Waals surface area contributed by atoms with Gasteiger partial charge in [-0.25, -0.2) is 0 Å². The monoisotopic (exact) mass is 358 g/mol. The molecular formula is C19H22N2O5. The molecule has 0 radical (unpaired) electrons. The first-order chi connectivity index (χ1) is 12.5. The Bertz CT molecular complexity index is 710. The summed E-state index contributed by atoms with van der Waals surface area (Å²) in [5.74, 6) is -1.45. The van der Waals surface area contributed by atoms with Gasteiger partial charge < -0.3 is 9.64 Å². The normalized spacial score (nSPS) is 19.5. The molecule has 0 spiro atoms. The van der Waals surface area contributed by atoms with Crippen molar-refractivity contribution in [1.29, 1.82) is 0 Å². The van der Waals surface area contributed by atoms with Gasteiger partial charge in [0.25, 0.3) is 11.8 Å². The maximum Gasteiger partial charge on any atom is 0.310 e. The smallest absolute Gasteiger partial charge is 0.310 e. The number of fused-ring (bicyclic) bond motifs is 1. The van der Waals surface area contributed by atoms with E-state index in [1.807, 2.05) is 0 Å². The third-order valence-corrected chi connectivity index (χ3v) is 4.82. The highest BCUT2D eigenvalue weighted by Gasteiger charge is 2.36. The first-order valence-electron chi connectivity index (χ1n) is 8.92. The molecule has 7 nitrogen and oxygen atoms in total. The van der Waals surface area contributed by atoms with Crippen LogP contribution in [0.25, 0.3) is 0 Å². The van der Waals surface area contributed by atoms with Crippen LogP contribution >= 0.6 is 0 Å². The number of rotatable bonds is 5. The number of carbonyl (C=O) groups excluding carboxylic acids is 4. The number of imide groups is 1. The largest absolute Gasteiger partial charge is 0.466 e. The molecule has 0 N–H and O–H groups in total. The van der Waals surface area contributed by atoms with Crippen LogP contribution < -0.4 is 0 Å². The Morgan fingerprint density at radius 3 is 2.42 bits per heavy atom. The van der Waals surface area contributed by atoms with Gasteiger partial charge in [-0.15, -0.1) is 0 Å². The van der Waals surface area contributed by atoms with Crippen LogP contribution in [-0.2, 0) is 14.3 Å². The minimum atomic E-state index is -0.360. The molecule has 0 unspecified atom stereocenters. The number of hydrogen-bond acceptors (Lipinski definition) is 5. The fourth-order valence-electron chi connectivity index (χ4n) is 3.46. The van der Waals surface area contributed by atoms with Gasteiger partial charge in [0.05, 0.1) is 23.7 Å². The summed E-state index contributed by atoms with van der Waals surface area (Å²) in [4.78, 5) is 51.8. The fraction of sp³-hybridized carbons (Fsp3) is 0.474. The fourth-order valence-corrected chi connectivity index (χ4v) is 3.46. The Morgan fingerprint density at radius 1 is 1.15 bits per heavy atom. The molecule has 0 bridgehead atoms. The Morgan fingerprint density at radius 2 is 1.81 bits per heavy atom. The molecule has 1 saturated heterocycles. The van der Waals surface area contributed by atoms with E-state index in [4.69, 9.17) is 4.74 Å². The molecule has 2 aliphatic heterocycles. The first-order valence-corrected chi connectivity index (χ1v) is 8.92. The standard InChI is InChI=1S/C19H22N2O5/c1-2-26-19(25)13-6-5-10-20(12-13)16(22)9-11-21-17(23)14-7-3-4-8-15(14)18(21)24/h3-4,7-8,13H,2,5-6,9-12H2,1H3/t13-/m1/s1. The van der Waals surface area contributed by atoms with Gasteiger partial charge in [-0.2, -0.15) is 0 Å². The lowest BCUT2D eigenvalue weighted by molar-refractivity contribution is -0.151. The summed E-state index contributed by atoms with van der Waals surface area (Å²) in [6.45, 7) is 3.04. The van der Waals surface area contributed by atoms with E-state index in [1.54, 1.807) is 36.1 Å². The third kappa shape index (κ3) is 3.47. The number of nitrogens with zero attached hydrogens (tertiary/aromatic N) is 2. The maximum absolute atomic E-state index is 12.5. The van der Waals surface area contributed by atoms with Crippen molar-refractivity contribution >= 4 is 23.7 Å². The summed E-state index contributed by atoms with van der Waals surface area (Å²) in [6, 6.07) is 6.65. The van der Waals surface area contributed by atoms with Crippen molar-refractivity contribution in [2.45, 2.75) is 26.2 Å². The van der Waals surface area contributed by atoms with Crippen LogP contribution in [0.1, 0.15) is 46.9 Å². The number of likely N-dealkylation sites (tertiary alicyclic amines) is 1. The summed E-state index contributed by atoms with van der Waals surface area (Å²) in [5, 5.41) is 0. The molecule has 0 saturated carbocycles. The molecular weight excluding hydrogens is 336 g/mol. The predicted octanol–water partition coefficient (Wildman–Crippen LogP) is 1.47. The molecule has 1 aromatic rings. The van der Waals surface area contributed by atoms with Gasteiger partial charge in [0, 0.05) is 26.1 Å². The molecule has 7 heteroatoms. The quantitative estimate of drug-likeness (QED) is 0.588. The lowest BCUT2D eigenvalue weighted by Gasteiger charge is -2.32. The second-order valence-electron chi connectivity index (χ2n) is 6.49. The van der Waals surface area contributed by atoms with Crippen molar-refractivity contribution < 1.29 is 23.9 Å². The molecule has 1 fully saturated rings. The summed E-state index contributed by atoms with van der Waals surface area (Å²) in [6.07, 6.45) is 1.50. The Hall–Kier alpha value is -2.70. The zero-order valence-electron chi connectivity index (χ0n) is 14.8. The van der Waals surface area contributed by atoms with Crippen molar-refractivity contribution in [3.05, 3.63) is 35.4 Å². The van der Waals surface area contributed by atoms with Gasteiger partial charge in [-0.3, -0.25) is 24.1 Å². The molecule has 3 amide bonds. The highest BCUT2D eigenvalue weighted by molar-refractivity contribution is 6.21. The predicted molar refractivity (Wildman–Crippen MR) is 92.4 cm³/mol. The highest BCUT2D eigenvalue weighted by atomic mass is 16.5. The third-order valence-electron chi connectivity index (χ3n) is 4.82.